The van der Waals surface area contributed by atoms with Crippen LogP contribution in [0.2, 0.25) is 10.0 Å². The van der Waals surface area contributed by atoms with Crippen molar-refractivity contribution in [2.24, 2.45) is 0 Å². The number of anilines is 2. The van der Waals surface area contributed by atoms with Crippen molar-refractivity contribution in [1.29, 1.82) is 0 Å². The quantitative estimate of drug-likeness (QED) is 0.673. The summed E-state index contributed by atoms with van der Waals surface area (Å²) in [5.74, 6) is -0.116. The lowest BCUT2D eigenvalue weighted by Crippen LogP contribution is -2.11. The number of hydrogen-bond donors (Lipinski definition) is 2. The first-order chi connectivity index (χ1) is 11.5. The summed E-state index contributed by atoms with van der Waals surface area (Å²) in [6, 6.07) is 13.7. The van der Waals surface area contributed by atoms with Gasteiger partial charge in [-0.05, 0) is 36.4 Å². The van der Waals surface area contributed by atoms with Gasteiger partial charge < -0.3 is 11.1 Å². The van der Waals surface area contributed by atoms with E-state index in [1.807, 2.05) is 12.1 Å². The van der Waals surface area contributed by atoms with Crippen LogP contribution in [0.15, 0.2) is 54.7 Å². The van der Waals surface area contributed by atoms with Crippen molar-refractivity contribution in [3.63, 3.8) is 0 Å². The molecule has 3 aromatic rings. The standard InChI is InChI=1S/C17H12Cl2N4O.ClH/c18-12-6-11(7-13(19)9-12)16(24)22-14-3-1-2-10(8-14)15-4-5-21-17(20)23-15;/h1-9H,(H,22,24)(H2,20,21,23);1H. The predicted octanol–water partition coefficient (Wildman–Crippen LogP) is 4.71. The largest absolute Gasteiger partial charge is 0.368 e. The number of nitrogens with one attached hydrogen (secondary N) is 1. The van der Waals surface area contributed by atoms with Crippen molar-refractivity contribution < 1.29 is 4.79 Å². The smallest absolute Gasteiger partial charge is 0.255 e. The van der Waals surface area contributed by atoms with Crippen LogP contribution < -0.4 is 11.1 Å². The van der Waals surface area contributed by atoms with Crippen LogP contribution in [-0.2, 0) is 0 Å². The minimum absolute atomic E-state index is 0. The molecule has 1 heterocycles. The summed E-state index contributed by atoms with van der Waals surface area (Å²) in [6.45, 7) is 0. The zero-order valence-electron chi connectivity index (χ0n) is 12.7. The number of nitrogen functional groups attached to an aromatic ring is 1. The van der Waals surface area contributed by atoms with Gasteiger partial charge in [0.1, 0.15) is 0 Å². The second kappa shape index (κ2) is 8.16. The Kier molecular flexibility index (Phi) is 6.20. The maximum Gasteiger partial charge on any atom is 0.255 e. The van der Waals surface area contributed by atoms with Crippen LogP contribution in [0.3, 0.4) is 0 Å². The molecule has 0 saturated heterocycles. The summed E-state index contributed by atoms with van der Waals surface area (Å²) in [5, 5.41) is 3.61. The summed E-state index contributed by atoms with van der Waals surface area (Å²) < 4.78 is 0. The van der Waals surface area contributed by atoms with Crippen LogP contribution in [-0.4, -0.2) is 15.9 Å². The van der Waals surface area contributed by atoms with Gasteiger partial charge in [0.05, 0.1) is 5.69 Å². The number of aromatic nitrogens is 2. The van der Waals surface area contributed by atoms with E-state index in [-0.39, 0.29) is 24.3 Å². The Morgan fingerprint density at radius 3 is 2.44 bits per heavy atom. The summed E-state index contributed by atoms with van der Waals surface area (Å²) in [4.78, 5) is 20.4. The molecule has 0 aliphatic heterocycles. The molecule has 0 aliphatic carbocycles. The molecule has 8 heteroatoms. The normalized spacial score (nSPS) is 10.0. The monoisotopic (exact) mass is 394 g/mol. The molecule has 0 unspecified atom stereocenters. The van der Waals surface area contributed by atoms with Gasteiger partial charge in [-0.1, -0.05) is 35.3 Å². The summed E-state index contributed by atoms with van der Waals surface area (Å²) in [6.07, 6.45) is 1.58. The Bertz CT molecular complexity index is 898. The minimum Gasteiger partial charge on any atom is -0.368 e. The van der Waals surface area contributed by atoms with Crippen LogP contribution in [0.25, 0.3) is 11.3 Å². The zero-order valence-corrected chi connectivity index (χ0v) is 15.1. The van der Waals surface area contributed by atoms with Crippen molar-refractivity contribution in [2.75, 3.05) is 11.1 Å². The lowest BCUT2D eigenvalue weighted by molar-refractivity contribution is 0.102. The maximum atomic E-state index is 12.3. The third-order valence-electron chi connectivity index (χ3n) is 3.22. The Hall–Kier alpha value is -2.34. The first-order valence-corrected chi connectivity index (χ1v) is 7.73. The van der Waals surface area contributed by atoms with Crippen molar-refractivity contribution in [1.82, 2.24) is 9.97 Å². The van der Waals surface area contributed by atoms with Crippen LogP contribution in [0.5, 0.6) is 0 Å². The number of carbonyl (C=O) groups excluding carboxylic acids is 1. The third-order valence-corrected chi connectivity index (χ3v) is 3.65. The SMILES string of the molecule is Cl.Nc1nccc(-c2cccc(NC(=O)c3cc(Cl)cc(Cl)c3)c2)n1. The Morgan fingerprint density at radius 2 is 1.76 bits per heavy atom. The van der Waals surface area contributed by atoms with Gasteiger partial charge in [0.2, 0.25) is 5.95 Å². The number of carbonyl (C=O) groups is 1. The second-order valence-corrected chi connectivity index (χ2v) is 5.87. The molecule has 128 valence electrons. The van der Waals surface area contributed by atoms with E-state index in [4.69, 9.17) is 28.9 Å². The number of nitrogens with two attached hydrogens (primary N) is 1. The van der Waals surface area contributed by atoms with E-state index in [9.17, 15) is 4.79 Å². The molecule has 0 fully saturated rings. The molecule has 3 N–H and O–H groups in total. The molecule has 0 aliphatic rings. The fourth-order valence-corrected chi connectivity index (χ4v) is 2.71. The van der Waals surface area contributed by atoms with E-state index in [1.165, 1.54) is 0 Å². The number of nitrogens with zero attached hydrogens (tertiary/aromatic N) is 2. The molecule has 5 nitrogen and oxygen atoms in total. The molecule has 0 saturated carbocycles. The number of benzene rings is 2. The van der Waals surface area contributed by atoms with Crippen LogP contribution >= 0.6 is 35.6 Å². The van der Waals surface area contributed by atoms with Gasteiger partial charge in [0.25, 0.3) is 5.91 Å². The van der Waals surface area contributed by atoms with E-state index in [2.05, 4.69) is 15.3 Å². The first-order valence-electron chi connectivity index (χ1n) is 6.98. The van der Waals surface area contributed by atoms with Gasteiger partial charge in [-0.2, -0.15) is 0 Å². The Balaban J connectivity index is 0.00000225. The van der Waals surface area contributed by atoms with E-state index in [0.29, 0.717) is 27.0 Å². The third kappa shape index (κ3) is 4.82. The minimum atomic E-state index is -0.307. The fourth-order valence-electron chi connectivity index (χ4n) is 2.18. The number of hydrogen-bond acceptors (Lipinski definition) is 4. The molecule has 0 radical (unpaired) electrons. The average molecular weight is 396 g/mol. The number of rotatable bonds is 3. The molecule has 0 atom stereocenters. The molecule has 3 rings (SSSR count). The lowest BCUT2D eigenvalue weighted by atomic mass is 10.1. The van der Waals surface area contributed by atoms with Crippen LogP contribution in [0, 0.1) is 0 Å². The Morgan fingerprint density at radius 1 is 1.04 bits per heavy atom. The molecule has 1 amide bonds. The second-order valence-electron chi connectivity index (χ2n) is 4.99. The van der Waals surface area contributed by atoms with E-state index in [0.717, 1.165) is 5.56 Å². The molecular weight excluding hydrogens is 383 g/mol. The summed E-state index contributed by atoms with van der Waals surface area (Å²) in [7, 11) is 0. The highest BCUT2D eigenvalue weighted by molar-refractivity contribution is 6.35. The van der Waals surface area contributed by atoms with Gasteiger partial charge in [-0.15, -0.1) is 12.4 Å². The van der Waals surface area contributed by atoms with Crippen LogP contribution in [0.1, 0.15) is 10.4 Å². The molecular formula is C17H13Cl3N4O. The summed E-state index contributed by atoms with van der Waals surface area (Å²) in [5.41, 5.74) is 8.08. The van der Waals surface area contributed by atoms with Gasteiger partial charge in [0.15, 0.2) is 0 Å². The van der Waals surface area contributed by atoms with Gasteiger partial charge in [-0.3, -0.25) is 4.79 Å². The van der Waals surface area contributed by atoms with Crippen molar-refractivity contribution >= 4 is 53.2 Å². The van der Waals surface area contributed by atoms with Crippen molar-refractivity contribution in [2.45, 2.75) is 0 Å². The number of halogens is 3. The average Bonchev–Trinajstić information content (AvgIpc) is 2.54. The summed E-state index contributed by atoms with van der Waals surface area (Å²) >= 11 is 11.9. The molecule has 2 aromatic carbocycles. The molecule has 0 bridgehead atoms. The Labute approximate surface area is 160 Å². The van der Waals surface area contributed by atoms with E-state index in [1.54, 1.807) is 42.6 Å². The van der Waals surface area contributed by atoms with Crippen molar-refractivity contribution in [3.8, 4) is 11.3 Å². The van der Waals surface area contributed by atoms with E-state index >= 15 is 0 Å². The number of amides is 1. The maximum absolute atomic E-state index is 12.3. The zero-order chi connectivity index (χ0) is 17.1. The predicted molar refractivity (Wildman–Crippen MR) is 104 cm³/mol. The van der Waals surface area contributed by atoms with Gasteiger partial charge >= 0.3 is 0 Å². The topological polar surface area (TPSA) is 80.9 Å². The highest BCUT2D eigenvalue weighted by Gasteiger charge is 2.09. The van der Waals surface area contributed by atoms with E-state index < -0.39 is 0 Å². The lowest BCUT2D eigenvalue weighted by Gasteiger charge is -2.08. The highest BCUT2D eigenvalue weighted by atomic mass is 35.5. The first kappa shape index (κ1) is 19.0. The van der Waals surface area contributed by atoms with Gasteiger partial charge in [-0.25, -0.2) is 9.97 Å². The highest BCUT2D eigenvalue weighted by Crippen LogP contribution is 2.23. The van der Waals surface area contributed by atoms with Crippen LogP contribution in [0.4, 0.5) is 11.6 Å². The fraction of sp³-hybridized carbons (Fsp3) is 0. The van der Waals surface area contributed by atoms with Crippen molar-refractivity contribution in [3.05, 3.63) is 70.3 Å². The molecule has 25 heavy (non-hydrogen) atoms. The van der Waals surface area contributed by atoms with Gasteiger partial charge in [0, 0.05) is 33.1 Å². The molecule has 0 spiro atoms. The molecule has 1 aromatic heterocycles.